The molecule has 0 bridgehead atoms. The number of esters is 1. The van der Waals surface area contributed by atoms with Gasteiger partial charge in [-0.25, -0.2) is 14.5 Å². The Balaban J connectivity index is 1.77. The molecule has 8 heteroatoms. The van der Waals surface area contributed by atoms with E-state index in [1.165, 1.54) is 6.20 Å². The van der Waals surface area contributed by atoms with Crippen molar-refractivity contribution in [2.24, 2.45) is 0 Å². The second-order valence-corrected chi connectivity index (χ2v) is 7.17. The fourth-order valence-electron chi connectivity index (χ4n) is 2.97. The highest BCUT2D eigenvalue weighted by atomic mass is 35.5. The summed E-state index contributed by atoms with van der Waals surface area (Å²) >= 11 is 12.2. The van der Waals surface area contributed by atoms with Crippen LogP contribution in [0.2, 0.25) is 10.0 Å². The van der Waals surface area contributed by atoms with E-state index in [-0.39, 0.29) is 11.9 Å². The highest BCUT2D eigenvalue weighted by Gasteiger charge is 2.23. The first-order chi connectivity index (χ1) is 14.0. The maximum Gasteiger partial charge on any atom is 0.381 e. The lowest BCUT2D eigenvalue weighted by Crippen LogP contribution is -2.17. The summed E-state index contributed by atoms with van der Waals surface area (Å²) in [5, 5.41) is 5.40. The molecule has 29 heavy (non-hydrogen) atoms. The van der Waals surface area contributed by atoms with Crippen LogP contribution in [0.3, 0.4) is 0 Å². The van der Waals surface area contributed by atoms with Crippen LogP contribution in [-0.4, -0.2) is 25.7 Å². The van der Waals surface area contributed by atoms with E-state index in [1.54, 1.807) is 29.2 Å². The van der Waals surface area contributed by atoms with Gasteiger partial charge in [0.25, 0.3) is 0 Å². The van der Waals surface area contributed by atoms with Gasteiger partial charge in [0, 0.05) is 12.4 Å². The van der Waals surface area contributed by atoms with Crippen molar-refractivity contribution in [3.05, 3.63) is 88.6 Å². The number of rotatable bonds is 5. The van der Waals surface area contributed by atoms with Gasteiger partial charge in [0.15, 0.2) is 0 Å². The van der Waals surface area contributed by atoms with Crippen LogP contribution in [0.25, 0.3) is 11.1 Å². The molecule has 1 unspecified atom stereocenters. The van der Waals surface area contributed by atoms with Crippen molar-refractivity contribution in [3.63, 3.8) is 0 Å². The molecule has 0 aliphatic heterocycles. The Morgan fingerprint density at radius 2 is 1.93 bits per heavy atom. The number of benzene rings is 2. The zero-order valence-corrected chi connectivity index (χ0v) is 16.9. The Morgan fingerprint density at radius 1 is 1.14 bits per heavy atom. The zero-order valence-electron chi connectivity index (χ0n) is 15.3. The zero-order chi connectivity index (χ0) is 20.4. The van der Waals surface area contributed by atoms with Gasteiger partial charge in [-0.05, 0) is 30.2 Å². The Bertz CT molecular complexity index is 1140. The summed E-state index contributed by atoms with van der Waals surface area (Å²) in [5.74, 6) is -0.176. The van der Waals surface area contributed by atoms with Crippen LogP contribution >= 0.6 is 23.2 Å². The smallest absolute Gasteiger partial charge is 0.381 e. The first-order valence-corrected chi connectivity index (χ1v) is 9.59. The molecule has 0 spiro atoms. The quantitative estimate of drug-likeness (QED) is 0.433. The number of H-pyrrole nitrogens is 1. The second kappa shape index (κ2) is 8.11. The van der Waals surface area contributed by atoms with Gasteiger partial charge in [-0.3, -0.25) is 0 Å². The number of aromatic nitrogens is 4. The Kier molecular flexibility index (Phi) is 5.38. The molecular weight excluding hydrogens is 411 g/mol. The molecule has 6 nitrogen and oxygen atoms in total. The predicted molar refractivity (Wildman–Crippen MR) is 111 cm³/mol. The molecule has 4 aromatic rings. The number of hydrogen-bond acceptors (Lipinski definition) is 4. The normalized spacial score (nSPS) is 12.0. The first kappa shape index (κ1) is 19.2. The van der Waals surface area contributed by atoms with Crippen LogP contribution < -0.4 is 4.74 Å². The second-order valence-electron chi connectivity index (χ2n) is 6.35. The maximum atomic E-state index is 12.6. The third kappa shape index (κ3) is 3.90. The molecular formula is C21H16Cl2N4O2. The summed E-state index contributed by atoms with van der Waals surface area (Å²) in [7, 11) is 0. The molecule has 2 aromatic carbocycles. The molecule has 1 atom stereocenters. The van der Waals surface area contributed by atoms with Gasteiger partial charge in [-0.1, -0.05) is 59.6 Å². The van der Waals surface area contributed by atoms with E-state index < -0.39 is 5.97 Å². The van der Waals surface area contributed by atoms with Crippen molar-refractivity contribution in [3.8, 4) is 17.0 Å². The van der Waals surface area contributed by atoms with Crippen LogP contribution in [0.1, 0.15) is 29.1 Å². The van der Waals surface area contributed by atoms with Gasteiger partial charge in [-0.15, -0.1) is 0 Å². The molecule has 0 aliphatic carbocycles. The molecule has 1 N–H and O–H groups in total. The molecule has 4 rings (SSSR count). The van der Waals surface area contributed by atoms with E-state index in [2.05, 4.69) is 15.1 Å². The number of ether oxygens (including phenoxy) is 1. The average Bonchev–Trinajstić information content (AvgIpc) is 3.40. The fourth-order valence-corrected chi connectivity index (χ4v) is 3.28. The minimum absolute atomic E-state index is 0.110. The molecule has 146 valence electrons. The summed E-state index contributed by atoms with van der Waals surface area (Å²) in [6.45, 7) is 1.94. The third-order valence-corrected chi connectivity index (χ3v) is 5.25. The standard InChI is InChI=1S/C21H16Cl2N4O2/c1-13(15-7-8-17(22)18(23)11-15)27-20(29-21(28)19-24-9-10-25-19)16(12-26-27)14-5-3-2-4-6-14/h2-13H,1H3,(H,24,25). The highest BCUT2D eigenvalue weighted by Crippen LogP contribution is 2.35. The van der Waals surface area contributed by atoms with Crippen LogP contribution in [0, 0.1) is 0 Å². The molecule has 2 heterocycles. The van der Waals surface area contributed by atoms with E-state index in [0.717, 1.165) is 11.1 Å². The van der Waals surface area contributed by atoms with E-state index >= 15 is 0 Å². The minimum Gasteiger partial charge on any atom is -0.401 e. The maximum absolute atomic E-state index is 12.6. The van der Waals surface area contributed by atoms with Crippen LogP contribution in [0.15, 0.2) is 67.1 Å². The number of halogens is 2. The molecule has 0 fully saturated rings. The van der Waals surface area contributed by atoms with Crippen molar-refractivity contribution in [2.75, 3.05) is 0 Å². The number of nitrogens with zero attached hydrogens (tertiary/aromatic N) is 3. The fraction of sp³-hybridized carbons (Fsp3) is 0.0952. The van der Waals surface area contributed by atoms with Gasteiger partial charge < -0.3 is 9.72 Å². The lowest BCUT2D eigenvalue weighted by molar-refractivity contribution is 0.0706. The van der Waals surface area contributed by atoms with Crippen LogP contribution in [0.4, 0.5) is 0 Å². The minimum atomic E-state index is -0.602. The summed E-state index contributed by atoms with van der Waals surface area (Å²) in [5.41, 5.74) is 2.44. The molecule has 0 saturated carbocycles. The SMILES string of the molecule is CC(c1ccc(Cl)c(Cl)c1)n1ncc(-c2ccccc2)c1OC(=O)c1ncc[nH]1. The predicted octanol–water partition coefficient (Wildman–Crippen LogP) is 5.41. The molecule has 0 radical (unpaired) electrons. The Morgan fingerprint density at radius 3 is 2.62 bits per heavy atom. The monoisotopic (exact) mass is 426 g/mol. The number of carbonyl (C=O) groups excluding carboxylic acids is 1. The van der Waals surface area contributed by atoms with Crippen LogP contribution in [0.5, 0.6) is 5.88 Å². The van der Waals surface area contributed by atoms with Gasteiger partial charge in [0.2, 0.25) is 11.7 Å². The summed E-state index contributed by atoms with van der Waals surface area (Å²) < 4.78 is 7.36. The van der Waals surface area contributed by atoms with Gasteiger partial charge in [0.05, 0.1) is 27.8 Å². The Hall–Kier alpha value is -3.09. The lowest BCUT2D eigenvalue weighted by Gasteiger charge is -2.17. The van der Waals surface area contributed by atoms with Crippen molar-refractivity contribution >= 4 is 29.2 Å². The number of hydrogen-bond donors (Lipinski definition) is 1. The largest absolute Gasteiger partial charge is 0.401 e. The van der Waals surface area contributed by atoms with Crippen molar-refractivity contribution < 1.29 is 9.53 Å². The summed E-state index contributed by atoms with van der Waals surface area (Å²) in [6, 6.07) is 14.7. The Labute approximate surface area is 177 Å². The molecule has 2 aromatic heterocycles. The molecule has 0 amide bonds. The van der Waals surface area contributed by atoms with Gasteiger partial charge in [-0.2, -0.15) is 5.10 Å². The van der Waals surface area contributed by atoms with Crippen molar-refractivity contribution in [1.29, 1.82) is 0 Å². The summed E-state index contributed by atoms with van der Waals surface area (Å²) in [6.07, 6.45) is 4.72. The third-order valence-electron chi connectivity index (χ3n) is 4.51. The van der Waals surface area contributed by atoms with E-state index in [9.17, 15) is 4.79 Å². The number of nitrogens with one attached hydrogen (secondary N) is 1. The van der Waals surface area contributed by atoms with E-state index in [4.69, 9.17) is 27.9 Å². The van der Waals surface area contributed by atoms with E-state index in [1.807, 2.05) is 43.3 Å². The van der Waals surface area contributed by atoms with Crippen molar-refractivity contribution in [2.45, 2.75) is 13.0 Å². The summed E-state index contributed by atoms with van der Waals surface area (Å²) in [4.78, 5) is 19.3. The number of imidazole rings is 1. The van der Waals surface area contributed by atoms with Crippen LogP contribution in [-0.2, 0) is 0 Å². The lowest BCUT2D eigenvalue weighted by atomic mass is 10.1. The van der Waals surface area contributed by atoms with Gasteiger partial charge >= 0.3 is 5.97 Å². The van der Waals surface area contributed by atoms with Gasteiger partial charge in [0.1, 0.15) is 0 Å². The average molecular weight is 427 g/mol. The first-order valence-electron chi connectivity index (χ1n) is 8.84. The number of carbonyl (C=O) groups is 1. The highest BCUT2D eigenvalue weighted by molar-refractivity contribution is 6.42. The molecule has 0 saturated heterocycles. The van der Waals surface area contributed by atoms with E-state index in [0.29, 0.717) is 21.5 Å². The van der Waals surface area contributed by atoms with Crippen molar-refractivity contribution in [1.82, 2.24) is 19.7 Å². The molecule has 0 aliphatic rings. The topological polar surface area (TPSA) is 72.8 Å². The number of aromatic amines is 1.